The Bertz CT molecular complexity index is 889. The number of aromatic nitrogens is 3. The summed E-state index contributed by atoms with van der Waals surface area (Å²) in [6, 6.07) is 3.54. The minimum atomic E-state index is -1.26. The molecule has 0 aliphatic carbocycles. The Morgan fingerprint density at radius 2 is 2.26 bits per heavy atom. The van der Waals surface area contributed by atoms with Crippen molar-refractivity contribution >= 4 is 34.0 Å². The van der Waals surface area contributed by atoms with Crippen molar-refractivity contribution in [2.24, 2.45) is 0 Å². The second-order valence-corrected chi connectivity index (χ2v) is 4.06. The Kier molecular flexibility index (Phi) is 2.25. The van der Waals surface area contributed by atoms with Crippen LogP contribution in [0.15, 0.2) is 35.9 Å². The van der Waals surface area contributed by atoms with Crippen LogP contribution in [0.1, 0.15) is 10.4 Å². The molecule has 0 radical (unpaired) electrons. The molecule has 3 aromatic rings. The van der Waals surface area contributed by atoms with E-state index in [0.29, 0.717) is 16.4 Å². The van der Waals surface area contributed by atoms with E-state index in [-0.39, 0.29) is 5.56 Å². The zero-order valence-electron chi connectivity index (χ0n) is 9.75. The molecule has 19 heavy (non-hydrogen) atoms. The van der Waals surface area contributed by atoms with Gasteiger partial charge in [-0.1, -0.05) is 6.58 Å². The lowest BCUT2D eigenvalue weighted by atomic mass is 10.1. The van der Waals surface area contributed by atoms with Gasteiger partial charge in [0.25, 0.3) is 0 Å². The number of hydrogen-bond acceptors (Lipinski definition) is 3. The molecule has 0 saturated heterocycles. The largest absolute Gasteiger partial charge is 0.477 e. The van der Waals surface area contributed by atoms with E-state index in [2.05, 4.69) is 16.8 Å². The fraction of sp³-hybridized carbons (Fsp3) is 0. The first-order valence-electron chi connectivity index (χ1n) is 5.50. The second-order valence-electron chi connectivity index (χ2n) is 4.06. The number of carboxylic acids is 1. The van der Waals surface area contributed by atoms with Gasteiger partial charge in [-0.3, -0.25) is 9.89 Å². The molecule has 0 unspecified atom stereocenters. The smallest absolute Gasteiger partial charge is 0.341 e. The first-order chi connectivity index (χ1) is 9.13. The molecular formula is C13H9N3O3. The van der Waals surface area contributed by atoms with Crippen molar-refractivity contribution in [2.45, 2.75) is 0 Å². The highest BCUT2D eigenvalue weighted by molar-refractivity contribution is 6.06. The molecule has 0 amide bonds. The van der Waals surface area contributed by atoms with E-state index < -0.39 is 11.4 Å². The molecule has 2 aromatic heterocycles. The van der Waals surface area contributed by atoms with Crippen LogP contribution >= 0.6 is 0 Å². The summed E-state index contributed by atoms with van der Waals surface area (Å²) in [5.41, 5.74) is 0.285. The summed E-state index contributed by atoms with van der Waals surface area (Å²) in [7, 11) is 0. The highest BCUT2D eigenvalue weighted by Gasteiger charge is 2.16. The van der Waals surface area contributed by atoms with Crippen molar-refractivity contribution in [1.82, 2.24) is 14.8 Å². The van der Waals surface area contributed by atoms with Crippen LogP contribution in [0, 0.1) is 0 Å². The average molecular weight is 255 g/mol. The summed E-state index contributed by atoms with van der Waals surface area (Å²) in [4.78, 5) is 23.4. The molecule has 0 aliphatic rings. The lowest BCUT2D eigenvalue weighted by Gasteiger charge is -2.07. The van der Waals surface area contributed by atoms with Gasteiger partial charge in [-0.15, -0.1) is 0 Å². The summed E-state index contributed by atoms with van der Waals surface area (Å²) in [5, 5.41) is 16.8. The third-order valence-electron chi connectivity index (χ3n) is 3.04. The Morgan fingerprint density at radius 3 is 2.95 bits per heavy atom. The summed E-state index contributed by atoms with van der Waals surface area (Å²) < 4.78 is 1.51. The topological polar surface area (TPSA) is 88.0 Å². The number of fused-ring (bicyclic) bond motifs is 3. The second kappa shape index (κ2) is 3.81. The van der Waals surface area contributed by atoms with Gasteiger partial charge < -0.3 is 9.67 Å². The summed E-state index contributed by atoms with van der Waals surface area (Å²) in [6.07, 6.45) is 4.30. The molecule has 6 heteroatoms. The van der Waals surface area contributed by atoms with E-state index in [1.54, 1.807) is 18.3 Å². The number of rotatable bonds is 2. The molecule has 94 valence electrons. The van der Waals surface area contributed by atoms with Crippen LogP contribution in [-0.4, -0.2) is 25.8 Å². The third kappa shape index (κ3) is 1.46. The molecule has 0 fully saturated rings. The maximum absolute atomic E-state index is 12.3. The van der Waals surface area contributed by atoms with Crippen molar-refractivity contribution in [2.75, 3.05) is 0 Å². The highest BCUT2D eigenvalue weighted by atomic mass is 16.4. The number of pyridine rings is 1. The minimum absolute atomic E-state index is 0.297. The van der Waals surface area contributed by atoms with E-state index in [0.717, 1.165) is 5.39 Å². The number of carboxylic acid groups (broad SMARTS) is 1. The van der Waals surface area contributed by atoms with Gasteiger partial charge in [0.15, 0.2) is 0 Å². The number of aromatic carboxylic acids is 1. The van der Waals surface area contributed by atoms with Crippen LogP contribution < -0.4 is 5.43 Å². The van der Waals surface area contributed by atoms with E-state index in [4.69, 9.17) is 5.11 Å². The SMILES string of the molecule is C=Cn1cc(C(=O)O)c(=O)c2c3[nH]ncc3ccc21. The first-order valence-corrected chi connectivity index (χ1v) is 5.50. The van der Waals surface area contributed by atoms with Gasteiger partial charge in [-0.25, -0.2) is 4.79 Å². The zero-order chi connectivity index (χ0) is 13.6. The van der Waals surface area contributed by atoms with Gasteiger partial charge in [-0.05, 0) is 12.1 Å². The van der Waals surface area contributed by atoms with E-state index in [1.165, 1.54) is 17.0 Å². The summed E-state index contributed by atoms with van der Waals surface area (Å²) in [5.74, 6) is -1.26. The molecule has 0 aliphatic heterocycles. The zero-order valence-corrected chi connectivity index (χ0v) is 9.75. The Morgan fingerprint density at radius 1 is 1.47 bits per heavy atom. The lowest BCUT2D eigenvalue weighted by Crippen LogP contribution is -2.17. The molecule has 0 saturated carbocycles. The van der Waals surface area contributed by atoms with Crippen molar-refractivity contribution in [3.8, 4) is 0 Å². The molecule has 2 N–H and O–H groups in total. The maximum Gasteiger partial charge on any atom is 0.341 e. The predicted octanol–water partition coefficient (Wildman–Crippen LogP) is 1.68. The van der Waals surface area contributed by atoms with Crippen LogP contribution in [-0.2, 0) is 0 Å². The van der Waals surface area contributed by atoms with Crippen molar-refractivity contribution in [3.05, 3.63) is 46.9 Å². The van der Waals surface area contributed by atoms with Crippen molar-refractivity contribution in [1.29, 1.82) is 0 Å². The van der Waals surface area contributed by atoms with Crippen LogP contribution in [0.5, 0.6) is 0 Å². The summed E-state index contributed by atoms with van der Waals surface area (Å²) in [6.45, 7) is 3.62. The van der Waals surface area contributed by atoms with Gasteiger partial charge in [0.1, 0.15) is 5.56 Å². The van der Waals surface area contributed by atoms with Crippen molar-refractivity contribution < 1.29 is 9.90 Å². The Hall–Kier alpha value is -2.89. The van der Waals surface area contributed by atoms with E-state index in [9.17, 15) is 9.59 Å². The van der Waals surface area contributed by atoms with Crippen LogP contribution in [0.2, 0.25) is 0 Å². The molecule has 0 spiro atoms. The van der Waals surface area contributed by atoms with Crippen LogP contribution in [0.25, 0.3) is 28.0 Å². The standard InChI is InChI=1S/C13H9N3O3/c1-2-16-6-8(13(18)19)12(17)10-9(16)4-3-7-5-14-15-11(7)10/h2-6H,1H2,(H,14,15)(H,18,19). The number of carbonyl (C=O) groups is 1. The van der Waals surface area contributed by atoms with Crippen LogP contribution in [0.4, 0.5) is 0 Å². The summed E-state index contributed by atoms with van der Waals surface area (Å²) >= 11 is 0. The fourth-order valence-corrected chi connectivity index (χ4v) is 2.15. The predicted molar refractivity (Wildman–Crippen MR) is 71.2 cm³/mol. The van der Waals surface area contributed by atoms with Crippen molar-refractivity contribution in [3.63, 3.8) is 0 Å². The van der Waals surface area contributed by atoms with Gasteiger partial charge in [0.2, 0.25) is 5.43 Å². The van der Waals surface area contributed by atoms with E-state index in [1.807, 2.05) is 0 Å². The fourth-order valence-electron chi connectivity index (χ4n) is 2.15. The number of aromatic amines is 1. The molecule has 0 atom stereocenters. The van der Waals surface area contributed by atoms with E-state index >= 15 is 0 Å². The van der Waals surface area contributed by atoms with Gasteiger partial charge in [0.05, 0.1) is 22.6 Å². The molecule has 2 heterocycles. The number of benzene rings is 1. The van der Waals surface area contributed by atoms with Gasteiger partial charge in [0, 0.05) is 17.8 Å². The molecule has 0 bridgehead atoms. The number of nitrogens with zero attached hydrogens (tertiary/aromatic N) is 2. The molecule has 3 rings (SSSR count). The monoisotopic (exact) mass is 255 g/mol. The quantitative estimate of drug-likeness (QED) is 0.729. The third-order valence-corrected chi connectivity index (χ3v) is 3.04. The maximum atomic E-state index is 12.3. The number of H-pyrrole nitrogens is 1. The lowest BCUT2D eigenvalue weighted by molar-refractivity contribution is 0.0695. The average Bonchev–Trinajstić information content (AvgIpc) is 2.86. The molecule has 6 nitrogen and oxygen atoms in total. The van der Waals surface area contributed by atoms with Gasteiger partial charge >= 0.3 is 5.97 Å². The number of hydrogen-bond donors (Lipinski definition) is 2. The number of nitrogens with one attached hydrogen (secondary N) is 1. The molecule has 1 aromatic carbocycles. The Balaban J connectivity index is 2.65. The highest BCUT2D eigenvalue weighted by Crippen LogP contribution is 2.21. The molecular weight excluding hydrogens is 246 g/mol. The minimum Gasteiger partial charge on any atom is -0.477 e. The van der Waals surface area contributed by atoms with Gasteiger partial charge in [-0.2, -0.15) is 5.10 Å². The Labute approximate surface area is 106 Å². The first kappa shape index (κ1) is 11.2. The van der Waals surface area contributed by atoms with Crippen LogP contribution in [0.3, 0.4) is 0 Å². The normalized spacial score (nSPS) is 10.9.